The Balaban J connectivity index is 2.24. The number of carbonyl (C=O) groups excluding carboxylic acids is 1. The van der Waals surface area contributed by atoms with Crippen molar-refractivity contribution in [2.45, 2.75) is 83.7 Å². The van der Waals surface area contributed by atoms with Gasteiger partial charge >= 0.3 is 0 Å². The number of likely N-dealkylation sites (tertiary alicyclic amines) is 1. The van der Waals surface area contributed by atoms with Crippen molar-refractivity contribution in [2.75, 3.05) is 26.2 Å². The minimum absolute atomic E-state index is 0.253. The van der Waals surface area contributed by atoms with Crippen LogP contribution in [0.1, 0.15) is 71.8 Å². The van der Waals surface area contributed by atoms with Crippen LogP contribution in [0.25, 0.3) is 0 Å². The summed E-state index contributed by atoms with van der Waals surface area (Å²) < 4.78 is 0. The van der Waals surface area contributed by atoms with Crippen LogP contribution >= 0.6 is 11.6 Å². The number of primary amides is 1. The van der Waals surface area contributed by atoms with Gasteiger partial charge in [-0.25, -0.2) is 0 Å². The highest BCUT2D eigenvalue weighted by atomic mass is 35.5. The van der Waals surface area contributed by atoms with Crippen molar-refractivity contribution in [3.63, 3.8) is 0 Å². The molecule has 4 nitrogen and oxygen atoms in total. The molecule has 0 aromatic heterocycles. The molecule has 0 spiro atoms. The molecular weight excluding hydrogens is 382 g/mol. The van der Waals surface area contributed by atoms with Gasteiger partial charge < -0.3 is 10.6 Å². The molecule has 1 aromatic rings. The second-order valence-corrected chi connectivity index (χ2v) is 9.51. The first-order chi connectivity index (χ1) is 13.8. The van der Waals surface area contributed by atoms with Gasteiger partial charge in [0.15, 0.2) is 0 Å². The molecule has 0 bridgehead atoms. The van der Waals surface area contributed by atoms with E-state index in [2.05, 4.69) is 37.5 Å². The smallest absolute Gasteiger partial charge is 0.228 e. The molecule has 5 heteroatoms. The fourth-order valence-corrected chi connectivity index (χ4v) is 5.16. The normalized spacial score (nSPS) is 17.8. The van der Waals surface area contributed by atoms with Crippen LogP contribution in [0.3, 0.4) is 0 Å². The molecule has 0 radical (unpaired) electrons. The lowest BCUT2D eigenvalue weighted by molar-refractivity contribution is -0.124. The Kier molecular flexibility index (Phi) is 9.45. The molecule has 1 amide bonds. The summed E-state index contributed by atoms with van der Waals surface area (Å²) in [5.41, 5.74) is 6.26. The summed E-state index contributed by atoms with van der Waals surface area (Å²) in [5, 5.41) is 0.643. The number of carbonyl (C=O) groups is 1. The van der Waals surface area contributed by atoms with Gasteiger partial charge in [0.05, 0.1) is 5.41 Å². The summed E-state index contributed by atoms with van der Waals surface area (Å²) in [4.78, 5) is 17.9. The van der Waals surface area contributed by atoms with Crippen molar-refractivity contribution in [3.05, 3.63) is 34.9 Å². The third-order valence-corrected chi connectivity index (χ3v) is 6.84. The number of nitrogens with zero attached hydrogens (tertiary/aromatic N) is 2. The zero-order valence-electron chi connectivity index (χ0n) is 18.8. The highest BCUT2D eigenvalue weighted by molar-refractivity contribution is 6.31. The van der Waals surface area contributed by atoms with Crippen molar-refractivity contribution in [1.82, 2.24) is 9.80 Å². The minimum Gasteiger partial charge on any atom is -0.369 e. The first kappa shape index (κ1) is 24.2. The molecular formula is C24H40ClN3O. The molecule has 1 fully saturated rings. The van der Waals surface area contributed by atoms with Gasteiger partial charge in [-0.2, -0.15) is 0 Å². The Hall–Kier alpha value is -1.10. The highest BCUT2D eigenvalue weighted by Gasteiger charge is 2.40. The molecule has 164 valence electrons. The topological polar surface area (TPSA) is 49.6 Å². The van der Waals surface area contributed by atoms with Gasteiger partial charge in [-0.05, 0) is 91.1 Å². The Labute approximate surface area is 182 Å². The maximum Gasteiger partial charge on any atom is 0.228 e. The fourth-order valence-electron chi connectivity index (χ4n) is 4.84. The molecule has 1 saturated heterocycles. The lowest BCUT2D eigenvalue weighted by Gasteiger charge is -2.38. The molecule has 1 aliphatic rings. The van der Waals surface area contributed by atoms with E-state index < -0.39 is 5.41 Å². The maximum absolute atomic E-state index is 12.9. The van der Waals surface area contributed by atoms with Gasteiger partial charge in [-0.1, -0.05) is 36.2 Å². The van der Waals surface area contributed by atoms with Crippen LogP contribution in [0, 0.1) is 0 Å². The largest absolute Gasteiger partial charge is 0.369 e. The van der Waals surface area contributed by atoms with Crippen molar-refractivity contribution < 1.29 is 4.79 Å². The zero-order chi connectivity index (χ0) is 21.4. The van der Waals surface area contributed by atoms with Gasteiger partial charge in [0.25, 0.3) is 0 Å². The number of hydrogen-bond donors (Lipinski definition) is 1. The van der Waals surface area contributed by atoms with Crippen LogP contribution in [0.5, 0.6) is 0 Å². The second-order valence-electron chi connectivity index (χ2n) is 9.11. The van der Waals surface area contributed by atoms with E-state index >= 15 is 0 Å². The average molecular weight is 422 g/mol. The van der Waals surface area contributed by atoms with E-state index in [4.69, 9.17) is 17.3 Å². The molecule has 2 N–H and O–H groups in total. The van der Waals surface area contributed by atoms with Crippen LogP contribution in [0.2, 0.25) is 5.02 Å². The summed E-state index contributed by atoms with van der Waals surface area (Å²) in [5.74, 6) is -0.253. The molecule has 1 aromatic carbocycles. The number of piperidine rings is 1. The number of amides is 1. The van der Waals surface area contributed by atoms with Gasteiger partial charge in [0.1, 0.15) is 0 Å². The lowest BCUT2D eigenvalue weighted by Crippen LogP contribution is -2.47. The van der Waals surface area contributed by atoms with E-state index in [1.165, 1.54) is 32.4 Å². The number of hydrogen-bond acceptors (Lipinski definition) is 3. The van der Waals surface area contributed by atoms with Crippen molar-refractivity contribution in [2.24, 2.45) is 5.73 Å². The first-order valence-corrected chi connectivity index (χ1v) is 11.7. The predicted molar refractivity (Wildman–Crippen MR) is 123 cm³/mol. The second kappa shape index (κ2) is 11.3. The van der Waals surface area contributed by atoms with Gasteiger partial charge in [0.2, 0.25) is 5.91 Å². The van der Waals surface area contributed by atoms with Crippen LogP contribution in [-0.4, -0.2) is 54.0 Å². The van der Waals surface area contributed by atoms with Gasteiger partial charge in [-0.3, -0.25) is 9.69 Å². The first-order valence-electron chi connectivity index (χ1n) is 11.3. The Morgan fingerprint density at radius 3 is 2.28 bits per heavy atom. The van der Waals surface area contributed by atoms with E-state index in [-0.39, 0.29) is 5.91 Å². The minimum atomic E-state index is -0.726. The quantitative estimate of drug-likeness (QED) is 0.556. The molecule has 1 atom stereocenters. The Morgan fingerprint density at radius 2 is 1.72 bits per heavy atom. The van der Waals surface area contributed by atoms with E-state index in [0.717, 1.165) is 31.5 Å². The summed E-state index contributed by atoms with van der Waals surface area (Å²) in [7, 11) is 0. The molecule has 29 heavy (non-hydrogen) atoms. The molecule has 1 aliphatic heterocycles. The molecule has 2 rings (SSSR count). The predicted octanol–water partition coefficient (Wildman–Crippen LogP) is 4.84. The van der Waals surface area contributed by atoms with Crippen LogP contribution in [0.15, 0.2) is 24.3 Å². The number of nitrogens with two attached hydrogens (primary N) is 1. The Bertz CT molecular complexity index is 635. The van der Waals surface area contributed by atoms with Crippen molar-refractivity contribution >= 4 is 17.5 Å². The SMILES string of the molecule is CC(C)N(CCC(CCCN1CCCCC1)(C(N)=O)c1ccccc1Cl)C(C)C. The highest BCUT2D eigenvalue weighted by Crippen LogP contribution is 2.38. The average Bonchev–Trinajstić information content (AvgIpc) is 2.67. The van der Waals surface area contributed by atoms with E-state index in [0.29, 0.717) is 23.5 Å². The summed E-state index contributed by atoms with van der Waals surface area (Å²) >= 11 is 6.59. The molecule has 1 unspecified atom stereocenters. The van der Waals surface area contributed by atoms with Gasteiger partial charge in [0, 0.05) is 23.7 Å². The molecule has 1 heterocycles. The van der Waals surface area contributed by atoms with Crippen LogP contribution < -0.4 is 5.73 Å². The van der Waals surface area contributed by atoms with E-state index in [1.807, 2.05) is 24.3 Å². The number of halogens is 1. The maximum atomic E-state index is 12.9. The van der Waals surface area contributed by atoms with Crippen LogP contribution in [0.4, 0.5) is 0 Å². The van der Waals surface area contributed by atoms with Crippen LogP contribution in [-0.2, 0) is 10.2 Å². The summed E-state index contributed by atoms with van der Waals surface area (Å²) in [6, 6.07) is 8.58. The third-order valence-electron chi connectivity index (χ3n) is 6.51. The Morgan fingerprint density at radius 1 is 1.10 bits per heavy atom. The monoisotopic (exact) mass is 421 g/mol. The third kappa shape index (κ3) is 6.44. The summed E-state index contributed by atoms with van der Waals surface area (Å²) in [6.45, 7) is 13.0. The number of benzene rings is 1. The fraction of sp³-hybridized carbons (Fsp3) is 0.708. The lowest BCUT2D eigenvalue weighted by atomic mass is 9.73. The number of rotatable bonds is 11. The molecule has 0 saturated carbocycles. The standard InChI is InChI=1S/C24H40ClN3O/c1-19(2)28(20(3)4)18-14-24(23(26)29,21-11-6-7-12-22(21)25)13-10-17-27-15-8-5-9-16-27/h6-7,11-12,19-20H,5,8-10,13-18H2,1-4H3,(H2,26,29). The van der Waals surface area contributed by atoms with Crippen molar-refractivity contribution in [3.8, 4) is 0 Å². The van der Waals surface area contributed by atoms with E-state index in [9.17, 15) is 4.79 Å². The van der Waals surface area contributed by atoms with E-state index in [1.54, 1.807) is 0 Å². The summed E-state index contributed by atoms with van der Waals surface area (Å²) in [6.07, 6.45) is 6.29. The zero-order valence-corrected chi connectivity index (χ0v) is 19.5. The van der Waals surface area contributed by atoms with Gasteiger partial charge in [-0.15, -0.1) is 0 Å². The van der Waals surface area contributed by atoms with Crippen molar-refractivity contribution in [1.29, 1.82) is 0 Å². The molecule has 0 aliphatic carbocycles.